The summed E-state index contributed by atoms with van der Waals surface area (Å²) in [4.78, 5) is 0. The maximum absolute atomic E-state index is 10.2. The molecule has 1 N–H and O–H groups in total. The van der Waals surface area contributed by atoms with Crippen LogP contribution < -0.4 is 4.72 Å². The van der Waals surface area contributed by atoms with Crippen LogP contribution in [-0.4, -0.2) is 29.3 Å². The highest BCUT2D eigenvalue weighted by molar-refractivity contribution is 7.91. The summed E-state index contributed by atoms with van der Waals surface area (Å²) < 4.78 is 41.5. The average molecular weight is 172 g/mol. The van der Waals surface area contributed by atoms with Gasteiger partial charge in [0.05, 0.1) is 0 Å². The maximum Gasteiger partial charge on any atom is 0.161 e. The van der Waals surface area contributed by atoms with Gasteiger partial charge in [-0.25, -0.2) is 13.1 Å². The van der Waals surface area contributed by atoms with Crippen LogP contribution in [0.5, 0.6) is 0 Å². The van der Waals surface area contributed by atoms with Crippen LogP contribution in [0.3, 0.4) is 0 Å². The van der Waals surface area contributed by atoms with E-state index < -0.39 is 27.0 Å². The van der Waals surface area contributed by atoms with Gasteiger partial charge in [0.1, 0.15) is 5.88 Å². The number of hydrogen-bond acceptors (Lipinski definition) is 4. The average Bonchev–Trinajstić information content (AvgIpc) is 1.59. The molecule has 0 aromatic carbocycles. The minimum atomic E-state index is -3.22. The molecular formula is C2H6NO4S2-. The third kappa shape index (κ3) is 8.02. The molecule has 0 aliphatic carbocycles. The van der Waals surface area contributed by atoms with Gasteiger partial charge in [0.15, 0.2) is 9.84 Å². The fourth-order valence-electron chi connectivity index (χ4n) is 0.155. The van der Waals surface area contributed by atoms with E-state index in [0.717, 1.165) is 6.26 Å². The quantitative estimate of drug-likeness (QED) is 0.518. The van der Waals surface area contributed by atoms with Crippen LogP contribution in [0.25, 0.3) is 0 Å². The molecule has 0 spiro atoms. The molecule has 7 heteroatoms. The van der Waals surface area contributed by atoms with Crippen molar-refractivity contribution in [1.82, 2.24) is 4.72 Å². The molecule has 0 aromatic heterocycles. The van der Waals surface area contributed by atoms with Gasteiger partial charge in [-0.05, 0) is 0 Å². The van der Waals surface area contributed by atoms with Gasteiger partial charge in [-0.15, -0.1) is 0 Å². The molecule has 0 aliphatic rings. The minimum Gasteiger partial charge on any atom is -0.760 e. The van der Waals surface area contributed by atoms with Crippen LogP contribution in [0.15, 0.2) is 0 Å². The van der Waals surface area contributed by atoms with Crippen LogP contribution in [0.2, 0.25) is 0 Å². The first-order chi connectivity index (χ1) is 3.92. The van der Waals surface area contributed by atoms with Crippen LogP contribution in [0.1, 0.15) is 0 Å². The molecular weight excluding hydrogens is 166 g/mol. The Kier molecular flexibility index (Phi) is 3.26. The summed E-state index contributed by atoms with van der Waals surface area (Å²) in [5.41, 5.74) is 0. The predicted molar refractivity (Wildman–Crippen MR) is 31.8 cm³/mol. The highest BCUT2D eigenvalue weighted by Crippen LogP contribution is 1.76. The molecule has 1 atom stereocenters. The van der Waals surface area contributed by atoms with Crippen LogP contribution in [0.4, 0.5) is 0 Å². The summed E-state index contributed by atoms with van der Waals surface area (Å²) in [5, 5.41) is 0. The SMILES string of the molecule is CS(=O)(=O)CNS(=O)[O-]. The van der Waals surface area contributed by atoms with Crippen molar-refractivity contribution in [3.63, 3.8) is 0 Å². The van der Waals surface area contributed by atoms with Gasteiger partial charge >= 0.3 is 0 Å². The van der Waals surface area contributed by atoms with E-state index in [9.17, 15) is 17.2 Å². The normalized spacial score (nSPS) is 15.3. The smallest absolute Gasteiger partial charge is 0.161 e. The highest BCUT2D eigenvalue weighted by atomic mass is 32.2. The minimum absolute atomic E-state index is 0.539. The van der Waals surface area contributed by atoms with Crippen molar-refractivity contribution in [2.75, 3.05) is 12.1 Å². The van der Waals surface area contributed by atoms with E-state index in [1.807, 2.05) is 0 Å². The lowest BCUT2D eigenvalue weighted by Gasteiger charge is -2.03. The lowest BCUT2D eigenvalue weighted by molar-refractivity contribution is 0.525. The second-order valence-electron chi connectivity index (χ2n) is 1.45. The van der Waals surface area contributed by atoms with Crippen molar-refractivity contribution >= 4 is 21.1 Å². The van der Waals surface area contributed by atoms with Crippen LogP contribution >= 0.6 is 0 Å². The molecule has 5 nitrogen and oxygen atoms in total. The van der Waals surface area contributed by atoms with Crippen molar-refractivity contribution in [3.8, 4) is 0 Å². The topological polar surface area (TPSA) is 86.3 Å². The van der Waals surface area contributed by atoms with Gasteiger partial charge in [-0.3, -0.25) is 4.21 Å². The molecule has 0 aliphatic heterocycles. The third-order valence-electron chi connectivity index (χ3n) is 0.439. The van der Waals surface area contributed by atoms with Gasteiger partial charge in [0.2, 0.25) is 0 Å². The molecule has 9 heavy (non-hydrogen) atoms. The Bertz CT molecular complexity index is 195. The van der Waals surface area contributed by atoms with Crippen molar-refractivity contribution < 1.29 is 17.2 Å². The first-order valence-electron chi connectivity index (χ1n) is 1.92. The number of hydrogen-bond donors (Lipinski definition) is 1. The lowest BCUT2D eigenvalue weighted by Crippen LogP contribution is -2.23. The number of rotatable bonds is 3. The van der Waals surface area contributed by atoms with E-state index in [4.69, 9.17) is 0 Å². The van der Waals surface area contributed by atoms with Gasteiger partial charge in [0, 0.05) is 17.5 Å². The summed E-state index contributed by atoms with van der Waals surface area (Å²) in [7, 11) is -3.22. The molecule has 0 aromatic rings. The molecule has 0 saturated carbocycles. The predicted octanol–water partition coefficient (Wildman–Crippen LogP) is -1.63. The second-order valence-corrected chi connectivity index (χ2v) is 4.35. The Morgan fingerprint density at radius 3 is 2.22 bits per heavy atom. The summed E-state index contributed by atoms with van der Waals surface area (Å²) in [5.74, 6) is -0.539. The van der Waals surface area contributed by atoms with E-state index in [1.165, 1.54) is 0 Å². The van der Waals surface area contributed by atoms with Gasteiger partial charge in [-0.1, -0.05) is 0 Å². The first kappa shape index (κ1) is 9.02. The molecule has 0 bridgehead atoms. The van der Waals surface area contributed by atoms with Gasteiger partial charge < -0.3 is 4.55 Å². The first-order valence-corrected chi connectivity index (χ1v) is 5.06. The molecule has 0 saturated heterocycles. The van der Waals surface area contributed by atoms with Crippen molar-refractivity contribution in [2.45, 2.75) is 0 Å². The molecule has 0 radical (unpaired) electrons. The van der Waals surface area contributed by atoms with Crippen molar-refractivity contribution in [3.05, 3.63) is 0 Å². The lowest BCUT2D eigenvalue weighted by atomic mass is 11.5. The van der Waals surface area contributed by atoms with Crippen LogP contribution in [0, 0.1) is 0 Å². The van der Waals surface area contributed by atoms with Crippen molar-refractivity contribution in [2.24, 2.45) is 0 Å². The summed E-state index contributed by atoms with van der Waals surface area (Å²) in [6.45, 7) is 0. The maximum atomic E-state index is 10.2. The molecule has 0 fully saturated rings. The van der Waals surface area contributed by atoms with Crippen LogP contribution in [-0.2, 0) is 21.1 Å². The van der Waals surface area contributed by atoms with Crippen molar-refractivity contribution in [1.29, 1.82) is 0 Å². The Morgan fingerprint density at radius 2 is 2.11 bits per heavy atom. The number of nitrogens with one attached hydrogen (secondary N) is 1. The van der Waals surface area contributed by atoms with Gasteiger partial charge in [-0.2, -0.15) is 0 Å². The second kappa shape index (κ2) is 3.25. The molecule has 0 rings (SSSR count). The molecule has 1 unspecified atom stereocenters. The zero-order valence-corrected chi connectivity index (χ0v) is 6.29. The monoisotopic (exact) mass is 172 g/mol. The van der Waals surface area contributed by atoms with E-state index in [0.29, 0.717) is 0 Å². The standard InChI is InChI=1S/C2H7NO4S2/c1-9(6,7)2-3-8(4)5/h3H,2H2,1H3,(H,4,5)/p-1. The Labute approximate surface area is 55.8 Å². The van der Waals surface area contributed by atoms with Gasteiger partial charge in [0.25, 0.3) is 0 Å². The largest absolute Gasteiger partial charge is 0.760 e. The van der Waals surface area contributed by atoms with E-state index >= 15 is 0 Å². The fraction of sp³-hybridized carbons (Fsp3) is 1.00. The molecule has 0 amide bonds. The third-order valence-corrected chi connectivity index (χ3v) is 1.67. The summed E-state index contributed by atoms with van der Waals surface area (Å²) in [6, 6.07) is 0. The highest BCUT2D eigenvalue weighted by Gasteiger charge is 1.98. The Morgan fingerprint density at radius 1 is 1.67 bits per heavy atom. The summed E-state index contributed by atoms with van der Waals surface area (Å²) >= 11 is -2.49. The van der Waals surface area contributed by atoms with E-state index in [-0.39, 0.29) is 0 Å². The number of sulfone groups is 1. The zero-order chi connectivity index (χ0) is 7.49. The Hall–Kier alpha value is 0.0200. The van der Waals surface area contributed by atoms with E-state index in [1.54, 1.807) is 4.72 Å². The Balaban J connectivity index is 3.67. The fourth-order valence-corrected chi connectivity index (χ4v) is 1.40. The molecule has 56 valence electrons. The zero-order valence-electron chi connectivity index (χ0n) is 4.66. The van der Waals surface area contributed by atoms with E-state index in [2.05, 4.69) is 0 Å². The summed E-state index contributed by atoms with van der Waals surface area (Å²) in [6.07, 6.45) is 0.937. The molecule has 0 heterocycles.